The highest BCUT2D eigenvalue weighted by Gasteiger charge is 2.08. The van der Waals surface area contributed by atoms with Crippen molar-refractivity contribution in [2.75, 3.05) is 6.54 Å². The van der Waals surface area contributed by atoms with Crippen molar-refractivity contribution in [2.45, 2.75) is 26.8 Å². The second kappa shape index (κ2) is 7.69. The predicted octanol–water partition coefficient (Wildman–Crippen LogP) is 5.59. The van der Waals surface area contributed by atoms with Gasteiger partial charge in [-0.3, -0.25) is 0 Å². The Labute approximate surface area is 136 Å². The second-order valence-electron chi connectivity index (χ2n) is 4.94. The molecule has 2 aromatic rings. The highest BCUT2D eigenvalue weighted by Crippen LogP contribution is 2.31. The first-order valence-electron chi connectivity index (χ1n) is 7.03. The number of rotatable bonds is 6. The van der Waals surface area contributed by atoms with Gasteiger partial charge in [0.05, 0.1) is 0 Å². The summed E-state index contributed by atoms with van der Waals surface area (Å²) in [6.07, 6.45) is 1.10. The van der Waals surface area contributed by atoms with Crippen LogP contribution >= 0.6 is 23.2 Å². The van der Waals surface area contributed by atoms with Gasteiger partial charge >= 0.3 is 0 Å². The fraction of sp³-hybridized carbons (Fsp3) is 0.294. The van der Waals surface area contributed by atoms with Crippen LogP contribution in [0.15, 0.2) is 36.4 Å². The van der Waals surface area contributed by atoms with Gasteiger partial charge in [0.2, 0.25) is 0 Å². The molecule has 0 saturated carbocycles. The molecule has 0 aliphatic carbocycles. The van der Waals surface area contributed by atoms with E-state index < -0.39 is 0 Å². The lowest BCUT2D eigenvalue weighted by Gasteiger charge is -2.14. The average Bonchev–Trinajstić information content (AvgIpc) is 2.44. The molecule has 0 spiro atoms. The third-order valence-electron chi connectivity index (χ3n) is 3.13. The average molecular weight is 324 g/mol. The van der Waals surface area contributed by atoms with Gasteiger partial charge in [0, 0.05) is 22.2 Å². The normalized spacial score (nSPS) is 10.7. The molecular weight excluding hydrogens is 305 g/mol. The predicted molar refractivity (Wildman–Crippen MR) is 89.7 cm³/mol. The van der Waals surface area contributed by atoms with Crippen molar-refractivity contribution in [3.8, 4) is 11.5 Å². The van der Waals surface area contributed by atoms with Gasteiger partial charge in [-0.05, 0) is 55.8 Å². The molecular formula is C17H19Cl2NO. The molecule has 0 radical (unpaired) electrons. The minimum atomic E-state index is 0.663. The van der Waals surface area contributed by atoms with E-state index in [1.54, 1.807) is 0 Å². The fourth-order valence-electron chi connectivity index (χ4n) is 2.02. The Bertz CT molecular complexity index is 614. The van der Waals surface area contributed by atoms with E-state index in [-0.39, 0.29) is 0 Å². The molecule has 2 nitrogen and oxygen atoms in total. The van der Waals surface area contributed by atoms with Crippen molar-refractivity contribution in [1.29, 1.82) is 0 Å². The Morgan fingerprint density at radius 2 is 1.71 bits per heavy atom. The minimum absolute atomic E-state index is 0.663. The monoisotopic (exact) mass is 323 g/mol. The maximum atomic E-state index is 6.09. The molecule has 0 atom stereocenters. The van der Waals surface area contributed by atoms with Crippen LogP contribution in [0.1, 0.15) is 24.5 Å². The molecule has 0 aromatic heterocycles. The van der Waals surface area contributed by atoms with Crippen LogP contribution in [-0.4, -0.2) is 6.54 Å². The van der Waals surface area contributed by atoms with Crippen molar-refractivity contribution in [3.63, 3.8) is 0 Å². The van der Waals surface area contributed by atoms with Gasteiger partial charge < -0.3 is 10.1 Å². The zero-order chi connectivity index (χ0) is 15.2. The molecule has 0 fully saturated rings. The largest absolute Gasteiger partial charge is 0.457 e. The number of aryl methyl sites for hydroxylation is 1. The molecule has 0 aliphatic rings. The fourth-order valence-corrected chi connectivity index (χ4v) is 2.40. The van der Waals surface area contributed by atoms with Crippen molar-refractivity contribution < 1.29 is 4.74 Å². The zero-order valence-corrected chi connectivity index (χ0v) is 13.8. The Kier molecular flexibility index (Phi) is 5.92. The van der Waals surface area contributed by atoms with Crippen LogP contribution in [0.2, 0.25) is 10.0 Å². The van der Waals surface area contributed by atoms with Crippen LogP contribution in [0.3, 0.4) is 0 Å². The molecule has 2 aromatic carbocycles. The van der Waals surface area contributed by atoms with Crippen molar-refractivity contribution >= 4 is 23.2 Å². The van der Waals surface area contributed by atoms with Crippen LogP contribution in [0, 0.1) is 6.92 Å². The van der Waals surface area contributed by atoms with E-state index in [2.05, 4.69) is 12.2 Å². The van der Waals surface area contributed by atoms with E-state index in [1.165, 1.54) is 0 Å². The maximum Gasteiger partial charge on any atom is 0.133 e. The first-order chi connectivity index (χ1) is 10.1. The van der Waals surface area contributed by atoms with Gasteiger partial charge in [0.1, 0.15) is 11.5 Å². The van der Waals surface area contributed by atoms with E-state index in [0.717, 1.165) is 42.1 Å². The number of ether oxygens (including phenoxy) is 1. The van der Waals surface area contributed by atoms with Gasteiger partial charge in [-0.1, -0.05) is 36.2 Å². The summed E-state index contributed by atoms with van der Waals surface area (Å²) in [6.45, 7) is 5.85. The maximum absolute atomic E-state index is 6.09. The number of halogens is 2. The number of nitrogens with one attached hydrogen (secondary N) is 1. The van der Waals surface area contributed by atoms with E-state index in [1.807, 2.05) is 43.3 Å². The molecule has 0 bridgehead atoms. The van der Waals surface area contributed by atoms with Gasteiger partial charge in [-0.15, -0.1) is 0 Å². The summed E-state index contributed by atoms with van der Waals surface area (Å²) in [7, 11) is 0. The molecule has 0 unspecified atom stereocenters. The van der Waals surface area contributed by atoms with Crippen LogP contribution < -0.4 is 10.1 Å². The van der Waals surface area contributed by atoms with Crippen molar-refractivity contribution in [2.24, 2.45) is 0 Å². The van der Waals surface area contributed by atoms with Crippen LogP contribution in [-0.2, 0) is 6.54 Å². The highest BCUT2D eigenvalue weighted by molar-refractivity contribution is 6.31. The molecule has 0 amide bonds. The summed E-state index contributed by atoms with van der Waals surface area (Å²) in [5, 5.41) is 4.74. The standard InChI is InChI=1S/C17H19Cl2NO/c1-3-8-20-11-13-4-5-15(19)10-17(13)21-16-7-6-14(18)9-12(16)2/h4-7,9-10,20H,3,8,11H2,1-2H3. The van der Waals surface area contributed by atoms with Crippen LogP contribution in [0.5, 0.6) is 11.5 Å². The molecule has 0 saturated heterocycles. The molecule has 0 heterocycles. The Balaban J connectivity index is 2.22. The van der Waals surface area contributed by atoms with Gasteiger partial charge in [0.25, 0.3) is 0 Å². The Morgan fingerprint density at radius 1 is 1.00 bits per heavy atom. The first-order valence-corrected chi connectivity index (χ1v) is 7.79. The third-order valence-corrected chi connectivity index (χ3v) is 3.60. The lowest BCUT2D eigenvalue weighted by molar-refractivity contribution is 0.469. The summed E-state index contributed by atoms with van der Waals surface area (Å²) in [6, 6.07) is 11.3. The third kappa shape index (κ3) is 4.63. The summed E-state index contributed by atoms with van der Waals surface area (Å²) >= 11 is 12.1. The molecule has 2 rings (SSSR count). The summed E-state index contributed by atoms with van der Waals surface area (Å²) in [5.74, 6) is 1.56. The Hall–Kier alpha value is -1.22. The first kappa shape index (κ1) is 16.2. The summed E-state index contributed by atoms with van der Waals surface area (Å²) < 4.78 is 6.02. The SMILES string of the molecule is CCCNCc1ccc(Cl)cc1Oc1ccc(Cl)cc1C. The van der Waals surface area contributed by atoms with Crippen molar-refractivity contribution in [3.05, 3.63) is 57.6 Å². The van der Waals surface area contributed by atoms with E-state index in [0.29, 0.717) is 10.0 Å². The van der Waals surface area contributed by atoms with E-state index in [4.69, 9.17) is 27.9 Å². The van der Waals surface area contributed by atoms with Crippen LogP contribution in [0.25, 0.3) is 0 Å². The second-order valence-corrected chi connectivity index (χ2v) is 5.81. The number of hydrogen-bond donors (Lipinski definition) is 1. The lowest BCUT2D eigenvalue weighted by Crippen LogP contribution is -2.14. The topological polar surface area (TPSA) is 21.3 Å². The number of benzene rings is 2. The Morgan fingerprint density at radius 3 is 2.43 bits per heavy atom. The molecule has 21 heavy (non-hydrogen) atoms. The minimum Gasteiger partial charge on any atom is -0.457 e. The quantitative estimate of drug-likeness (QED) is 0.699. The van der Waals surface area contributed by atoms with Gasteiger partial charge in [-0.25, -0.2) is 0 Å². The van der Waals surface area contributed by atoms with Crippen molar-refractivity contribution in [1.82, 2.24) is 5.32 Å². The van der Waals surface area contributed by atoms with E-state index in [9.17, 15) is 0 Å². The molecule has 112 valence electrons. The van der Waals surface area contributed by atoms with Crippen LogP contribution in [0.4, 0.5) is 0 Å². The molecule has 4 heteroatoms. The smallest absolute Gasteiger partial charge is 0.133 e. The lowest BCUT2D eigenvalue weighted by atomic mass is 10.2. The van der Waals surface area contributed by atoms with E-state index >= 15 is 0 Å². The summed E-state index contributed by atoms with van der Waals surface area (Å²) in [4.78, 5) is 0. The molecule has 1 N–H and O–H groups in total. The molecule has 0 aliphatic heterocycles. The van der Waals surface area contributed by atoms with Gasteiger partial charge in [0.15, 0.2) is 0 Å². The summed E-state index contributed by atoms with van der Waals surface area (Å²) in [5.41, 5.74) is 2.08. The number of hydrogen-bond acceptors (Lipinski definition) is 2. The van der Waals surface area contributed by atoms with Gasteiger partial charge in [-0.2, -0.15) is 0 Å². The highest BCUT2D eigenvalue weighted by atomic mass is 35.5. The zero-order valence-electron chi connectivity index (χ0n) is 12.2.